The molecule has 6 nitrogen and oxygen atoms in total. The molecular formula is C30H29N3O3. The first kappa shape index (κ1) is 22.5. The van der Waals surface area contributed by atoms with E-state index in [4.69, 9.17) is 5.11 Å². The fourth-order valence-electron chi connectivity index (χ4n) is 6.58. The molecule has 3 N–H and O–H groups in total. The summed E-state index contributed by atoms with van der Waals surface area (Å²) < 4.78 is 0. The van der Waals surface area contributed by atoms with Gasteiger partial charge in [0.15, 0.2) is 0 Å². The van der Waals surface area contributed by atoms with Crippen LogP contribution in [-0.4, -0.2) is 33.7 Å². The zero-order valence-corrected chi connectivity index (χ0v) is 20.0. The summed E-state index contributed by atoms with van der Waals surface area (Å²) in [5.74, 6) is 0.196. The van der Waals surface area contributed by atoms with Gasteiger partial charge in [-0.15, -0.1) is 0 Å². The van der Waals surface area contributed by atoms with E-state index in [0.717, 1.165) is 23.2 Å². The van der Waals surface area contributed by atoms with Crippen LogP contribution in [0.3, 0.4) is 0 Å². The fraction of sp³-hybridized carbons (Fsp3) is 0.300. The SMILES string of the molecule is O=C(O)CCNC(=O)c1ccc(C2(c3ccc(-c4ccc5cn[nH]c5c4)cc3)CC3CCC2C3)cc1. The summed E-state index contributed by atoms with van der Waals surface area (Å²) in [6.07, 6.45) is 6.70. The van der Waals surface area contributed by atoms with E-state index in [1.165, 1.54) is 41.5 Å². The Bertz CT molecular complexity index is 1420. The number of nitrogens with zero attached hydrogens (tertiary/aromatic N) is 1. The van der Waals surface area contributed by atoms with Gasteiger partial charge in [-0.05, 0) is 71.6 Å². The van der Waals surface area contributed by atoms with Gasteiger partial charge in [-0.2, -0.15) is 5.10 Å². The van der Waals surface area contributed by atoms with Crippen molar-refractivity contribution in [1.82, 2.24) is 15.5 Å². The van der Waals surface area contributed by atoms with Gasteiger partial charge >= 0.3 is 5.97 Å². The largest absolute Gasteiger partial charge is 0.481 e. The van der Waals surface area contributed by atoms with Gasteiger partial charge in [0.05, 0.1) is 18.1 Å². The van der Waals surface area contributed by atoms with E-state index in [1.807, 2.05) is 18.3 Å². The summed E-state index contributed by atoms with van der Waals surface area (Å²) in [4.78, 5) is 23.2. The summed E-state index contributed by atoms with van der Waals surface area (Å²) in [6, 6.07) is 23.4. The average molecular weight is 480 g/mol. The van der Waals surface area contributed by atoms with Crippen molar-refractivity contribution in [1.29, 1.82) is 0 Å². The Labute approximate surface area is 209 Å². The Hall–Kier alpha value is -3.93. The smallest absolute Gasteiger partial charge is 0.305 e. The lowest BCUT2D eigenvalue weighted by Gasteiger charge is -2.39. The number of aliphatic carboxylic acids is 1. The highest BCUT2D eigenvalue weighted by molar-refractivity contribution is 5.94. The van der Waals surface area contributed by atoms with E-state index in [2.05, 4.69) is 70.1 Å². The molecule has 0 spiro atoms. The van der Waals surface area contributed by atoms with Crippen LogP contribution in [-0.2, 0) is 10.2 Å². The Kier molecular flexibility index (Phi) is 5.59. The van der Waals surface area contributed by atoms with E-state index in [1.54, 1.807) is 0 Å². The molecule has 2 aliphatic rings. The number of H-pyrrole nitrogens is 1. The van der Waals surface area contributed by atoms with Crippen LogP contribution in [0.4, 0.5) is 0 Å². The summed E-state index contributed by atoms with van der Waals surface area (Å²) in [5, 5.41) is 19.8. The zero-order chi connectivity index (χ0) is 24.7. The van der Waals surface area contributed by atoms with Gasteiger partial charge in [-0.1, -0.05) is 55.0 Å². The average Bonchev–Trinajstić information content (AvgIpc) is 3.65. The summed E-state index contributed by atoms with van der Waals surface area (Å²) >= 11 is 0. The van der Waals surface area contributed by atoms with Gasteiger partial charge in [0, 0.05) is 22.9 Å². The van der Waals surface area contributed by atoms with Gasteiger partial charge in [-0.3, -0.25) is 14.7 Å². The minimum absolute atomic E-state index is 0.0346. The molecule has 2 saturated carbocycles. The Morgan fingerprint density at radius 3 is 2.36 bits per heavy atom. The normalized spacial score (nSPS) is 22.7. The molecule has 2 bridgehead atoms. The molecule has 0 aliphatic heterocycles. The number of fused-ring (bicyclic) bond motifs is 3. The Balaban J connectivity index is 1.29. The van der Waals surface area contributed by atoms with Crippen LogP contribution in [0.2, 0.25) is 0 Å². The van der Waals surface area contributed by atoms with Gasteiger partial charge < -0.3 is 10.4 Å². The lowest BCUT2D eigenvalue weighted by atomic mass is 9.64. The number of carbonyl (C=O) groups excluding carboxylic acids is 1. The molecule has 2 fully saturated rings. The highest BCUT2D eigenvalue weighted by Crippen LogP contribution is 2.60. The summed E-state index contributed by atoms with van der Waals surface area (Å²) in [5.41, 5.74) is 6.52. The lowest BCUT2D eigenvalue weighted by Crippen LogP contribution is -2.34. The van der Waals surface area contributed by atoms with Crippen LogP contribution in [0, 0.1) is 11.8 Å². The lowest BCUT2D eigenvalue weighted by molar-refractivity contribution is -0.136. The van der Waals surface area contributed by atoms with Crippen LogP contribution >= 0.6 is 0 Å². The van der Waals surface area contributed by atoms with Gasteiger partial charge in [-0.25, -0.2) is 0 Å². The third-order valence-corrected chi connectivity index (χ3v) is 8.31. The van der Waals surface area contributed by atoms with Crippen molar-refractivity contribution in [3.8, 4) is 11.1 Å². The third-order valence-electron chi connectivity index (χ3n) is 8.31. The molecule has 3 aromatic carbocycles. The molecule has 0 saturated heterocycles. The van der Waals surface area contributed by atoms with Crippen LogP contribution in [0.1, 0.15) is 53.6 Å². The number of aromatic nitrogens is 2. The Morgan fingerprint density at radius 2 is 1.69 bits per heavy atom. The highest BCUT2D eigenvalue weighted by Gasteiger charge is 2.52. The maximum absolute atomic E-state index is 12.5. The van der Waals surface area contributed by atoms with Crippen molar-refractivity contribution in [2.24, 2.45) is 11.8 Å². The van der Waals surface area contributed by atoms with E-state index >= 15 is 0 Å². The second-order valence-corrected chi connectivity index (χ2v) is 10.3. The van der Waals surface area contributed by atoms with E-state index in [9.17, 15) is 9.59 Å². The standard InChI is InChI=1S/C30H29N3O3/c34-28(35)13-14-31-29(36)21-6-11-25(12-7-21)30(17-19-1-8-26(30)15-19)24-9-4-20(5-10-24)22-2-3-23-18-32-33-27(23)16-22/h2-7,9-12,16,18-19,26H,1,8,13-15,17H2,(H,31,36)(H,32,33)(H,34,35). The molecule has 6 rings (SSSR count). The molecule has 1 heterocycles. The number of hydrogen-bond acceptors (Lipinski definition) is 3. The van der Waals surface area contributed by atoms with Crippen molar-refractivity contribution in [3.63, 3.8) is 0 Å². The van der Waals surface area contributed by atoms with Crippen LogP contribution in [0.25, 0.3) is 22.0 Å². The fourth-order valence-corrected chi connectivity index (χ4v) is 6.58. The van der Waals surface area contributed by atoms with Gasteiger partial charge in [0.2, 0.25) is 0 Å². The summed E-state index contributed by atoms with van der Waals surface area (Å²) in [7, 11) is 0. The molecule has 36 heavy (non-hydrogen) atoms. The molecule has 4 aromatic rings. The number of carbonyl (C=O) groups is 2. The van der Waals surface area contributed by atoms with Crippen LogP contribution < -0.4 is 5.32 Å². The maximum Gasteiger partial charge on any atom is 0.305 e. The first-order valence-electron chi connectivity index (χ1n) is 12.7. The minimum Gasteiger partial charge on any atom is -0.481 e. The number of carboxylic acid groups (broad SMARTS) is 1. The second-order valence-electron chi connectivity index (χ2n) is 10.3. The molecule has 1 aromatic heterocycles. The first-order chi connectivity index (χ1) is 17.5. The number of benzene rings is 3. The molecule has 1 amide bonds. The van der Waals surface area contributed by atoms with Crippen molar-refractivity contribution >= 4 is 22.8 Å². The number of aromatic amines is 1. The second kappa shape index (κ2) is 8.94. The van der Waals surface area contributed by atoms with E-state index in [-0.39, 0.29) is 24.3 Å². The summed E-state index contributed by atoms with van der Waals surface area (Å²) in [6.45, 7) is 0.128. The Morgan fingerprint density at radius 1 is 0.972 bits per heavy atom. The molecule has 3 atom stereocenters. The monoisotopic (exact) mass is 479 g/mol. The topological polar surface area (TPSA) is 95.1 Å². The molecule has 0 radical (unpaired) electrons. The maximum atomic E-state index is 12.5. The highest BCUT2D eigenvalue weighted by atomic mass is 16.4. The zero-order valence-electron chi connectivity index (χ0n) is 20.0. The van der Waals surface area contributed by atoms with E-state index < -0.39 is 5.97 Å². The number of amides is 1. The number of hydrogen-bond donors (Lipinski definition) is 3. The van der Waals surface area contributed by atoms with Crippen LogP contribution in [0.15, 0.2) is 72.9 Å². The number of carboxylic acids is 1. The predicted molar refractivity (Wildman–Crippen MR) is 139 cm³/mol. The van der Waals surface area contributed by atoms with Crippen molar-refractivity contribution in [2.45, 2.75) is 37.5 Å². The quantitative estimate of drug-likeness (QED) is 0.324. The molecule has 2 aliphatic carbocycles. The first-order valence-corrected chi connectivity index (χ1v) is 12.7. The molecule has 3 unspecified atom stereocenters. The predicted octanol–water partition coefficient (Wildman–Crippen LogP) is 5.54. The number of rotatable bonds is 7. The van der Waals surface area contributed by atoms with Crippen molar-refractivity contribution < 1.29 is 14.7 Å². The molecular weight excluding hydrogens is 450 g/mol. The molecule has 182 valence electrons. The van der Waals surface area contributed by atoms with Crippen molar-refractivity contribution in [3.05, 3.63) is 89.6 Å². The number of nitrogens with one attached hydrogen (secondary N) is 2. The third kappa shape index (κ3) is 3.87. The van der Waals surface area contributed by atoms with Gasteiger partial charge in [0.25, 0.3) is 5.91 Å². The van der Waals surface area contributed by atoms with Gasteiger partial charge in [0.1, 0.15) is 0 Å². The minimum atomic E-state index is -0.920. The van der Waals surface area contributed by atoms with E-state index in [0.29, 0.717) is 11.5 Å². The van der Waals surface area contributed by atoms with Crippen molar-refractivity contribution in [2.75, 3.05) is 6.54 Å². The molecule has 6 heteroatoms. The van der Waals surface area contributed by atoms with Crippen LogP contribution in [0.5, 0.6) is 0 Å².